The lowest BCUT2D eigenvalue weighted by Crippen LogP contribution is -2.67. The summed E-state index contributed by atoms with van der Waals surface area (Å²) in [6, 6.07) is -2.47. The van der Waals surface area contributed by atoms with E-state index in [4.69, 9.17) is 118 Å². The van der Waals surface area contributed by atoms with Crippen LogP contribution in [0, 0.1) is 23.7 Å². The normalized spacial score (nSPS) is 31.8. The van der Waals surface area contributed by atoms with E-state index in [2.05, 4.69) is 16.0 Å². The van der Waals surface area contributed by atoms with Crippen molar-refractivity contribution in [3.05, 3.63) is 0 Å². The number of hydrogen-bond acceptors (Lipinski definition) is 40. The highest BCUT2D eigenvalue weighted by Gasteiger charge is 2.54. The van der Waals surface area contributed by atoms with E-state index in [1.165, 1.54) is 13.3 Å². The van der Waals surface area contributed by atoms with E-state index >= 15 is 0 Å². The smallest absolute Gasteiger partial charge is 0.332 e. The van der Waals surface area contributed by atoms with Gasteiger partial charge in [-0.15, -0.1) is 0 Å². The minimum absolute atomic E-state index is 0.0387. The van der Waals surface area contributed by atoms with Crippen LogP contribution in [0.15, 0.2) is 0 Å². The van der Waals surface area contributed by atoms with Gasteiger partial charge in [0.15, 0.2) is 37.0 Å². The van der Waals surface area contributed by atoms with Crippen molar-refractivity contribution in [3.63, 3.8) is 0 Å². The Kier molecular flexibility index (Phi) is 59.1. The van der Waals surface area contributed by atoms with E-state index < -0.39 is 203 Å². The molecule has 0 spiro atoms. The van der Waals surface area contributed by atoms with E-state index in [1.807, 2.05) is 13.8 Å². The molecule has 10 unspecified atom stereocenters. The molecule has 4 saturated carbocycles. The van der Waals surface area contributed by atoms with Crippen molar-refractivity contribution in [3.8, 4) is 0 Å². The summed E-state index contributed by atoms with van der Waals surface area (Å²) in [6.45, 7) is 14.3. The Hall–Kier alpha value is -3.85. The fourth-order valence-electron chi connectivity index (χ4n) is 17.7. The molecule has 8 fully saturated rings. The minimum Gasteiger partial charge on any atom is -0.479 e. The summed E-state index contributed by atoms with van der Waals surface area (Å²) >= 11 is 0. The van der Waals surface area contributed by atoms with Gasteiger partial charge in [0.25, 0.3) is 0 Å². The van der Waals surface area contributed by atoms with Crippen molar-refractivity contribution in [1.82, 2.24) is 16.0 Å². The first kappa shape index (κ1) is 117. The van der Waals surface area contributed by atoms with E-state index in [0.717, 1.165) is 77.0 Å². The molecule has 4 saturated heterocycles. The molecule has 14 N–H and O–H groups in total. The van der Waals surface area contributed by atoms with E-state index in [-0.39, 0.29) is 95.7 Å². The van der Waals surface area contributed by atoms with Crippen molar-refractivity contribution in [2.75, 3.05) is 225 Å². The molecule has 44 nitrogen and oxygen atoms in total. The molecule has 0 radical (unpaired) electrons. The van der Waals surface area contributed by atoms with Gasteiger partial charge in [-0.3, -0.25) is 19.2 Å². The van der Waals surface area contributed by atoms with Gasteiger partial charge in [0.1, 0.15) is 98.5 Å². The second-order valence-corrected chi connectivity index (χ2v) is 36.0. The number of carboxylic acid groups (broad SMARTS) is 1. The van der Waals surface area contributed by atoms with E-state index in [0.29, 0.717) is 177 Å². The maximum absolute atomic E-state index is 13.7. The Morgan fingerprint density at radius 3 is 1.07 bits per heavy atom. The zero-order chi connectivity index (χ0) is 97.6. The first-order valence-corrected chi connectivity index (χ1v) is 49.4. The molecular weight excluding hydrogens is 1800 g/mol. The lowest BCUT2D eigenvalue weighted by Gasteiger charge is -2.48. The molecule has 0 bridgehead atoms. The molecule has 0 aromatic heterocycles. The van der Waals surface area contributed by atoms with Gasteiger partial charge in [-0.2, -0.15) is 0 Å². The zero-order valence-corrected chi connectivity index (χ0v) is 80.1. The molecule has 8 rings (SSSR count). The summed E-state index contributed by atoms with van der Waals surface area (Å²) in [6.07, 6.45) is -14.1. The van der Waals surface area contributed by atoms with Gasteiger partial charge in [-0.05, 0) is 76.0 Å². The average molecular weight is 1970 g/mol. The monoisotopic (exact) mass is 1970 g/mol. The van der Waals surface area contributed by atoms with E-state index in [1.54, 1.807) is 6.92 Å². The molecule has 4 heterocycles. The number of aliphatic hydroxyl groups excluding tert-OH is 10. The lowest BCUT2D eigenvalue weighted by molar-refractivity contribution is -0.336. The average Bonchev–Trinajstić information content (AvgIpc) is 0.784. The minimum atomic E-state index is -1.65. The number of carboxylic acids is 1. The Morgan fingerprint density at radius 1 is 0.331 bits per heavy atom. The molecule has 136 heavy (non-hydrogen) atoms. The highest BCUT2D eigenvalue weighted by Crippen LogP contribution is 2.40. The number of hydrogen-bond donors (Lipinski definition) is 14. The molecule has 27 atom stereocenters. The summed E-state index contributed by atoms with van der Waals surface area (Å²) in [5.74, 6) is -3.34. The van der Waals surface area contributed by atoms with Gasteiger partial charge >= 0.3 is 5.97 Å². The Labute approximate surface area is 798 Å². The van der Waals surface area contributed by atoms with Crippen molar-refractivity contribution in [2.45, 2.75) is 309 Å². The molecule has 44 heteroatoms. The molecular formula is C92H163N3O41. The summed E-state index contributed by atoms with van der Waals surface area (Å²) in [7, 11) is 0. The summed E-state index contributed by atoms with van der Waals surface area (Å²) in [5, 5.41) is 126. The molecule has 792 valence electrons. The number of carbonyl (C=O) groups excluding carboxylic acids is 4. The molecule has 4 aliphatic heterocycles. The van der Waals surface area contributed by atoms with Crippen molar-refractivity contribution >= 4 is 29.5 Å². The van der Waals surface area contributed by atoms with Crippen LogP contribution in [0.1, 0.15) is 156 Å². The van der Waals surface area contributed by atoms with Gasteiger partial charge in [-0.1, -0.05) is 90.9 Å². The van der Waals surface area contributed by atoms with Crippen LogP contribution in [-0.4, -0.2) is 463 Å². The molecule has 0 aromatic carbocycles. The predicted molar refractivity (Wildman–Crippen MR) is 476 cm³/mol. The highest BCUT2D eigenvalue weighted by molar-refractivity contribution is 5.86. The summed E-state index contributed by atoms with van der Waals surface area (Å²) in [5.41, 5.74) is 0. The zero-order valence-electron chi connectivity index (χ0n) is 80.1. The maximum Gasteiger partial charge on any atom is 0.332 e. The number of Topliss-reactive ketones (excluding diaryl/α,β-unsaturated/α-hetero) is 1. The van der Waals surface area contributed by atoms with Crippen LogP contribution in [0.25, 0.3) is 0 Å². The number of nitrogens with one attached hydrogen (secondary N) is 3. The number of amides is 3. The number of ether oxygens (including phenoxy) is 25. The van der Waals surface area contributed by atoms with Crippen LogP contribution in [0.2, 0.25) is 0 Å². The molecule has 3 amide bonds. The number of rotatable bonds is 72. The Morgan fingerprint density at radius 2 is 0.684 bits per heavy atom. The topological polar surface area (TPSA) is 575 Å². The maximum atomic E-state index is 13.7. The van der Waals surface area contributed by atoms with Crippen molar-refractivity contribution in [2.24, 2.45) is 23.7 Å². The SMILES string of the molecule is CC1O[C@@H](O[C@@H]2C(C)CCC[C@H]2O[C@@H]2O[C@@H](CO)[C@H](O)C(OCCC3CCCCC3)C2NC(=O)CCC(=O)COCCOCCOCCOCCOCCOCCOCCOCCOCCOCCOCCOCCOCCOCCOCC(=O)NCC(=O)NC2C(O[C@@H](CC3CCCCC3)C(=O)O)[C@@H](O)[C@H](CO)O[C@H]2O[C@@H]2CCCC(C)[C@H]2O[C@@H]2OC(C)[C@@H](O)[C@H](O)C2O)C(O)[C@@H](O)[C@@H]1O. The highest BCUT2D eigenvalue weighted by atomic mass is 16.8. The number of carbonyl (C=O) groups is 5. The lowest BCUT2D eigenvalue weighted by atomic mass is 9.85. The fraction of sp³-hybridized carbons (Fsp3) is 0.946. The van der Waals surface area contributed by atoms with Crippen LogP contribution in [0.4, 0.5) is 0 Å². The second kappa shape index (κ2) is 68.5. The number of aliphatic carboxylic acids is 1. The van der Waals surface area contributed by atoms with Gasteiger partial charge in [-0.25, -0.2) is 4.79 Å². The largest absolute Gasteiger partial charge is 0.479 e. The van der Waals surface area contributed by atoms with Gasteiger partial charge < -0.3 is 191 Å². The first-order chi connectivity index (χ1) is 66.0. The third-order valence-corrected chi connectivity index (χ3v) is 25.5. The molecule has 8 aliphatic rings. The van der Waals surface area contributed by atoms with Crippen LogP contribution in [-0.2, 0) is 142 Å². The number of ketones is 1. The third-order valence-electron chi connectivity index (χ3n) is 25.5. The van der Waals surface area contributed by atoms with E-state index in [9.17, 15) is 80.1 Å². The van der Waals surface area contributed by atoms with Crippen LogP contribution >= 0.6 is 0 Å². The van der Waals surface area contributed by atoms with Crippen molar-refractivity contribution in [1.29, 1.82) is 0 Å². The fourth-order valence-corrected chi connectivity index (χ4v) is 17.7. The summed E-state index contributed by atoms with van der Waals surface area (Å²) in [4.78, 5) is 66.0. The standard InChI is InChI=1S/C92H163N3O41/c1-59-13-11-19-66(84(59)135-91-82(108)80(106)76(102)61(3)128-91)131-89-74(86(78(104)69(55-96)133-89)127-24-23-63-15-7-5-8-16-63)94-71(99)22-21-65(98)57-125-51-49-123-47-45-121-43-41-119-39-37-117-35-33-115-31-29-113-27-25-112-26-28-114-30-32-116-34-36-118-38-40-120-42-44-122-46-48-124-50-52-126-58-73(101)93-54-72(100)95-75-87(130-68(88(110)111)53-64-17-9-6-10-18-64)79(105)70(56-97)134-90(75)132-67-20-12-14-60(2)85(67)136-92-83(109)81(107)77(103)62(4)129-92/h59-64,66-70,74-87,89-92,96-97,102-109H,5-58H2,1-4H3,(H,93,101)(H,94,99)(H,95,100)(H,110,111)/t59?,60?,61?,62?,66-,67-,68+,69+,70+,74?,75?,76-,77-,78+,79+,80+,81+,82?,83?,84-,85-,86?,87?,89-,90-,91+,92+/m1/s1. The molecule has 4 aliphatic carbocycles. The number of aliphatic hydroxyl groups is 10. The van der Waals surface area contributed by atoms with Crippen LogP contribution < -0.4 is 16.0 Å². The van der Waals surface area contributed by atoms with Crippen LogP contribution in [0.5, 0.6) is 0 Å². The van der Waals surface area contributed by atoms with Gasteiger partial charge in [0, 0.05) is 19.4 Å². The van der Waals surface area contributed by atoms with Crippen molar-refractivity contribution < 1.29 is 199 Å². The Bertz CT molecular complexity index is 3150. The van der Waals surface area contributed by atoms with Gasteiger partial charge in [0.2, 0.25) is 17.7 Å². The Balaban J connectivity index is 0.539. The second-order valence-electron chi connectivity index (χ2n) is 36.0. The third kappa shape index (κ3) is 43.2. The predicted octanol–water partition coefficient (Wildman–Crippen LogP) is -1.17. The van der Waals surface area contributed by atoms with Crippen LogP contribution in [0.3, 0.4) is 0 Å². The molecule has 0 aromatic rings. The summed E-state index contributed by atoms with van der Waals surface area (Å²) < 4.78 is 146. The van der Waals surface area contributed by atoms with Gasteiger partial charge in [0.05, 0.1) is 241 Å². The first-order valence-electron chi connectivity index (χ1n) is 49.4. The quantitative estimate of drug-likeness (QED) is 0.0319.